The molecule has 1 fully saturated rings. The summed E-state index contributed by atoms with van der Waals surface area (Å²) in [6, 6.07) is 15.9. The number of rotatable bonds is 6. The molecule has 2 N–H and O–H groups in total. The molecule has 1 aliphatic heterocycles. The van der Waals surface area contributed by atoms with Crippen LogP contribution in [-0.4, -0.2) is 30.4 Å². The van der Waals surface area contributed by atoms with Crippen molar-refractivity contribution in [2.75, 3.05) is 20.3 Å². The SMILES string of the molecule is CCOc1ccc(-c2noc(C3CNNC3c3ccccc3)n2)cc1OC. The van der Waals surface area contributed by atoms with Gasteiger partial charge < -0.3 is 14.0 Å². The Morgan fingerprint density at radius 1 is 1.15 bits per heavy atom. The smallest absolute Gasteiger partial charge is 0.233 e. The highest BCUT2D eigenvalue weighted by Crippen LogP contribution is 2.35. The highest BCUT2D eigenvalue weighted by Gasteiger charge is 2.34. The van der Waals surface area contributed by atoms with Crippen molar-refractivity contribution >= 4 is 0 Å². The van der Waals surface area contributed by atoms with E-state index in [1.165, 1.54) is 5.56 Å². The van der Waals surface area contributed by atoms with Gasteiger partial charge in [-0.15, -0.1) is 0 Å². The lowest BCUT2D eigenvalue weighted by Crippen LogP contribution is -2.24. The molecule has 7 heteroatoms. The summed E-state index contributed by atoms with van der Waals surface area (Å²) in [4.78, 5) is 4.64. The third-order valence-electron chi connectivity index (χ3n) is 4.62. The summed E-state index contributed by atoms with van der Waals surface area (Å²) in [5, 5.41) is 4.17. The topological polar surface area (TPSA) is 81.4 Å². The van der Waals surface area contributed by atoms with Crippen molar-refractivity contribution in [3.05, 3.63) is 60.0 Å². The Labute approximate surface area is 157 Å². The average molecular weight is 366 g/mol. The van der Waals surface area contributed by atoms with Crippen molar-refractivity contribution in [3.8, 4) is 22.9 Å². The first-order valence-electron chi connectivity index (χ1n) is 8.98. The monoisotopic (exact) mass is 366 g/mol. The number of aromatic nitrogens is 2. The summed E-state index contributed by atoms with van der Waals surface area (Å²) >= 11 is 0. The van der Waals surface area contributed by atoms with Crippen LogP contribution in [0, 0.1) is 0 Å². The summed E-state index contributed by atoms with van der Waals surface area (Å²) in [6.07, 6.45) is 0. The number of benzene rings is 2. The van der Waals surface area contributed by atoms with Crippen LogP contribution in [0.2, 0.25) is 0 Å². The number of hydrogen-bond donors (Lipinski definition) is 2. The molecule has 0 aliphatic carbocycles. The first-order valence-corrected chi connectivity index (χ1v) is 8.98. The molecule has 0 amide bonds. The summed E-state index contributed by atoms with van der Waals surface area (Å²) < 4.78 is 16.6. The minimum atomic E-state index is 0.0539. The molecule has 0 spiro atoms. The Hall–Kier alpha value is -2.90. The van der Waals surface area contributed by atoms with Gasteiger partial charge >= 0.3 is 0 Å². The molecule has 140 valence electrons. The van der Waals surface area contributed by atoms with Gasteiger partial charge in [-0.05, 0) is 30.7 Å². The number of nitrogens with one attached hydrogen (secondary N) is 2. The largest absolute Gasteiger partial charge is 0.493 e. The van der Waals surface area contributed by atoms with Gasteiger partial charge in [-0.25, -0.2) is 5.43 Å². The van der Waals surface area contributed by atoms with Gasteiger partial charge in [-0.3, -0.25) is 5.43 Å². The first-order chi connectivity index (χ1) is 13.3. The van der Waals surface area contributed by atoms with Crippen LogP contribution in [0.15, 0.2) is 53.1 Å². The van der Waals surface area contributed by atoms with Crippen LogP contribution < -0.4 is 20.3 Å². The molecule has 4 rings (SSSR count). The van der Waals surface area contributed by atoms with E-state index in [0.717, 1.165) is 5.56 Å². The third-order valence-corrected chi connectivity index (χ3v) is 4.62. The fourth-order valence-corrected chi connectivity index (χ4v) is 3.29. The number of ether oxygens (including phenoxy) is 2. The van der Waals surface area contributed by atoms with E-state index >= 15 is 0 Å². The van der Waals surface area contributed by atoms with Gasteiger partial charge in [0.05, 0.1) is 25.7 Å². The van der Waals surface area contributed by atoms with Gasteiger partial charge in [0.2, 0.25) is 11.7 Å². The van der Waals surface area contributed by atoms with Crippen molar-refractivity contribution < 1.29 is 14.0 Å². The minimum Gasteiger partial charge on any atom is -0.493 e. The second-order valence-corrected chi connectivity index (χ2v) is 6.27. The lowest BCUT2D eigenvalue weighted by Gasteiger charge is -2.15. The first kappa shape index (κ1) is 17.5. The molecule has 7 nitrogen and oxygen atoms in total. The molecule has 0 bridgehead atoms. The second-order valence-electron chi connectivity index (χ2n) is 6.27. The number of hydrazine groups is 1. The zero-order chi connectivity index (χ0) is 18.6. The Kier molecular flexibility index (Phi) is 5.04. The molecule has 0 saturated carbocycles. The highest BCUT2D eigenvalue weighted by molar-refractivity contribution is 5.60. The molecule has 3 aromatic rings. The molecule has 2 atom stereocenters. The van der Waals surface area contributed by atoms with Crippen LogP contribution in [0.5, 0.6) is 11.5 Å². The minimum absolute atomic E-state index is 0.0539. The van der Waals surface area contributed by atoms with Crippen LogP contribution in [-0.2, 0) is 0 Å². The standard InChI is InChI=1S/C20H22N4O3/c1-3-26-16-10-9-14(11-17(16)25-2)19-22-20(27-24-19)15-12-21-23-18(15)13-7-5-4-6-8-13/h4-11,15,18,21,23H,3,12H2,1-2H3. The van der Waals surface area contributed by atoms with Gasteiger partial charge in [-0.1, -0.05) is 35.5 Å². The van der Waals surface area contributed by atoms with Gasteiger partial charge in [0.1, 0.15) is 0 Å². The van der Waals surface area contributed by atoms with E-state index in [0.29, 0.717) is 36.4 Å². The van der Waals surface area contributed by atoms with Crippen LogP contribution in [0.1, 0.15) is 30.3 Å². The quantitative estimate of drug-likeness (QED) is 0.694. The lowest BCUT2D eigenvalue weighted by atomic mass is 9.95. The Morgan fingerprint density at radius 3 is 2.78 bits per heavy atom. The lowest BCUT2D eigenvalue weighted by molar-refractivity contribution is 0.311. The molecule has 1 aliphatic rings. The molecule has 2 heterocycles. The predicted octanol–water partition coefficient (Wildman–Crippen LogP) is 3.08. The molecule has 2 unspecified atom stereocenters. The van der Waals surface area contributed by atoms with E-state index in [9.17, 15) is 0 Å². The van der Waals surface area contributed by atoms with Crippen LogP contribution >= 0.6 is 0 Å². The van der Waals surface area contributed by atoms with E-state index in [-0.39, 0.29) is 12.0 Å². The van der Waals surface area contributed by atoms with E-state index in [4.69, 9.17) is 14.0 Å². The van der Waals surface area contributed by atoms with Crippen molar-refractivity contribution in [1.82, 2.24) is 21.0 Å². The third kappa shape index (κ3) is 3.51. The normalized spacial score (nSPS) is 19.2. The molecule has 0 radical (unpaired) electrons. The molecule has 2 aromatic carbocycles. The average Bonchev–Trinajstić information content (AvgIpc) is 3.38. The molecule has 1 saturated heterocycles. The molecule has 1 aromatic heterocycles. The fraction of sp³-hybridized carbons (Fsp3) is 0.300. The van der Waals surface area contributed by atoms with Crippen LogP contribution in [0.3, 0.4) is 0 Å². The maximum atomic E-state index is 5.59. The Morgan fingerprint density at radius 2 is 2.00 bits per heavy atom. The van der Waals surface area contributed by atoms with Crippen molar-refractivity contribution in [1.29, 1.82) is 0 Å². The Balaban J connectivity index is 1.60. The zero-order valence-corrected chi connectivity index (χ0v) is 15.3. The molecular formula is C20H22N4O3. The second kappa shape index (κ2) is 7.77. The van der Waals surface area contributed by atoms with Crippen molar-refractivity contribution in [3.63, 3.8) is 0 Å². The maximum Gasteiger partial charge on any atom is 0.233 e. The highest BCUT2D eigenvalue weighted by atomic mass is 16.5. The summed E-state index contributed by atoms with van der Waals surface area (Å²) in [7, 11) is 1.61. The number of hydrogen-bond acceptors (Lipinski definition) is 7. The summed E-state index contributed by atoms with van der Waals surface area (Å²) in [6.45, 7) is 3.23. The van der Waals surface area contributed by atoms with Crippen LogP contribution in [0.25, 0.3) is 11.4 Å². The zero-order valence-electron chi connectivity index (χ0n) is 15.3. The number of nitrogens with zero attached hydrogens (tertiary/aromatic N) is 2. The van der Waals surface area contributed by atoms with Gasteiger partial charge in [0, 0.05) is 12.1 Å². The van der Waals surface area contributed by atoms with E-state index in [1.807, 2.05) is 43.3 Å². The van der Waals surface area contributed by atoms with E-state index in [2.05, 4.69) is 33.1 Å². The van der Waals surface area contributed by atoms with Crippen molar-refractivity contribution in [2.45, 2.75) is 18.9 Å². The van der Waals surface area contributed by atoms with E-state index < -0.39 is 0 Å². The molecule has 27 heavy (non-hydrogen) atoms. The molecular weight excluding hydrogens is 344 g/mol. The van der Waals surface area contributed by atoms with E-state index in [1.54, 1.807) is 7.11 Å². The van der Waals surface area contributed by atoms with Crippen molar-refractivity contribution in [2.24, 2.45) is 0 Å². The summed E-state index contributed by atoms with van der Waals surface area (Å²) in [5.74, 6) is 2.53. The maximum absolute atomic E-state index is 5.59. The fourth-order valence-electron chi connectivity index (χ4n) is 3.29. The number of methoxy groups -OCH3 is 1. The van der Waals surface area contributed by atoms with Crippen LogP contribution in [0.4, 0.5) is 0 Å². The van der Waals surface area contributed by atoms with Gasteiger partial charge in [0.25, 0.3) is 0 Å². The Bertz CT molecular complexity index is 897. The summed E-state index contributed by atoms with van der Waals surface area (Å²) in [5.41, 5.74) is 8.49. The predicted molar refractivity (Wildman–Crippen MR) is 101 cm³/mol. The van der Waals surface area contributed by atoms with Gasteiger partial charge in [0.15, 0.2) is 11.5 Å². The van der Waals surface area contributed by atoms with Gasteiger partial charge in [-0.2, -0.15) is 4.98 Å².